The van der Waals surface area contributed by atoms with Crippen molar-refractivity contribution in [2.45, 2.75) is 6.92 Å². The van der Waals surface area contributed by atoms with Gasteiger partial charge in [0.1, 0.15) is 5.82 Å². The maximum atomic E-state index is 13.7. The van der Waals surface area contributed by atoms with Crippen molar-refractivity contribution in [3.8, 4) is 11.1 Å². The van der Waals surface area contributed by atoms with Crippen molar-refractivity contribution in [1.29, 1.82) is 0 Å². The van der Waals surface area contributed by atoms with Gasteiger partial charge in [0.25, 0.3) is 11.8 Å². The Morgan fingerprint density at radius 2 is 1.82 bits per heavy atom. The summed E-state index contributed by atoms with van der Waals surface area (Å²) in [5.74, 6) is -0.468. The standard InChI is InChI=1S/C31H28FN5O3/c1-19-16-22(9-11-26(19)32)34-31(39)25-6-2-4-20-17-21(8-10-23(20)25)24-5-3-7-27-29(24)30(33)35-37(27)28(38)18-36-12-14-40-15-13-36/h2-11,16-17H,12-15,18H2,1H3,(H2,33,35)(H,34,39). The van der Waals surface area contributed by atoms with Crippen LogP contribution in [0.1, 0.15) is 20.7 Å². The van der Waals surface area contributed by atoms with E-state index in [1.807, 2.05) is 53.4 Å². The number of hydrogen-bond donors (Lipinski definition) is 2. The van der Waals surface area contributed by atoms with Gasteiger partial charge in [0.15, 0.2) is 5.82 Å². The number of amides is 1. The van der Waals surface area contributed by atoms with E-state index in [2.05, 4.69) is 10.4 Å². The van der Waals surface area contributed by atoms with Gasteiger partial charge < -0.3 is 15.8 Å². The number of nitrogens with one attached hydrogen (secondary N) is 1. The molecule has 0 aliphatic carbocycles. The Bertz CT molecular complexity index is 1770. The van der Waals surface area contributed by atoms with Gasteiger partial charge >= 0.3 is 0 Å². The van der Waals surface area contributed by atoms with E-state index in [4.69, 9.17) is 10.5 Å². The van der Waals surface area contributed by atoms with Gasteiger partial charge in [-0.25, -0.2) is 4.39 Å². The highest BCUT2D eigenvalue weighted by molar-refractivity contribution is 6.14. The van der Waals surface area contributed by atoms with Crippen LogP contribution in [0.5, 0.6) is 0 Å². The number of carbonyl (C=O) groups excluding carboxylic acids is 2. The zero-order chi connectivity index (χ0) is 27.8. The molecule has 3 N–H and O–H groups in total. The number of aromatic nitrogens is 2. The first-order valence-electron chi connectivity index (χ1n) is 13.1. The highest BCUT2D eigenvalue weighted by atomic mass is 19.1. The van der Waals surface area contributed by atoms with Crippen LogP contribution in [0, 0.1) is 12.7 Å². The minimum atomic E-state index is -0.321. The fourth-order valence-electron chi connectivity index (χ4n) is 5.22. The molecule has 0 saturated carbocycles. The Labute approximate surface area is 230 Å². The molecule has 202 valence electrons. The Hall–Kier alpha value is -4.60. The molecule has 1 aromatic heterocycles. The van der Waals surface area contributed by atoms with Crippen molar-refractivity contribution >= 4 is 45.0 Å². The molecule has 1 amide bonds. The minimum Gasteiger partial charge on any atom is -0.382 e. The molecule has 6 rings (SSSR count). The summed E-state index contributed by atoms with van der Waals surface area (Å²) in [6, 6.07) is 21.5. The van der Waals surface area contributed by atoms with Crippen LogP contribution < -0.4 is 11.1 Å². The van der Waals surface area contributed by atoms with E-state index in [9.17, 15) is 14.0 Å². The van der Waals surface area contributed by atoms with E-state index >= 15 is 0 Å². The maximum absolute atomic E-state index is 13.7. The summed E-state index contributed by atoms with van der Waals surface area (Å²) in [7, 11) is 0. The molecule has 1 saturated heterocycles. The summed E-state index contributed by atoms with van der Waals surface area (Å²) in [5.41, 5.74) is 10.2. The molecule has 1 aliphatic heterocycles. The number of rotatable bonds is 5. The molecule has 1 fully saturated rings. The normalized spacial score (nSPS) is 14.1. The molecular weight excluding hydrogens is 509 g/mol. The Morgan fingerprint density at radius 3 is 2.62 bits per heavy atom. The van der Waals surface area contributed by atoms with E-state index in [0.717, 1.165) is 21.9 Å². The fraction of sp³-hybridized carbons (Fsp3) is 0.194. The smallest absolute Gasteiger partial charge is 0.261 e. The van der Waals surface area contributed by atoms with Gasteiger partial charge in [-0.3, -0.25) is 14.5 Å². The molecule has 1 aliphatic rings. The third kappa shape index (κ3) is 4.81. The molecule has 0 unspecified atom stereocenters. The van der Waals surface area contributed by atoms with Crippen LogP contribution in [0.3, 0.4) is 0 Å². The first kappa shape index (κ1) is 25.7. The first-order valence-corrected chi connectivity index (χ1v) is 13.1. The number of morpholine rings is 1. The van der Waals surface area contributed by atoms with Crippen molar-refractivity contribution in [3.05, 3.63) is 89.7 Å². The van der Waals surface area contributed by atoms with Crippen LogP contribution in [0.25, 0.3) is 32.8 Å². The Balaban J connectivity index is 1.33. The number of aryl methyl sites for hydroxylation is 1. The van der Waals surface area contributed by atoms with Crippen molar-refractivity contribution in [3.63, 3.8) is 0 Å². The molecule has 4 aromatic carbocycles. The lowest BCUT2D eigenvalue weighted by Gasteiger charge is -2.25. The third-order valence-electron chi connectivity index (χ3n) is 7.29. The van der Waals surface area contributed by atoms with Crippen molar-refractivity contribution in [2.24, 2.45) is 0 Å². The van der Waals surface area contributed by atoms with E-state index in [-0.39, 0.29) is 30.0 Å². The van der Waals surface area contributed by atoms with Crippen LogP contribution in [0.2, 0.25) is 0 Å². The molecule has 5 aromatic rings. The summed E-state index contributed by atoms with van der Waals surface area (Å²) >= 11 is 0. The zero-order valence-electron chi connectivity index (χ0n) is 22.0. The van der Waals surface area contributed by atoms with E-state index in [1.165, 1.54) is 10.7 Å². The number of anilines is 2. The largest absolute Gasteiger partial charge is 0.382 e. The van der Waals surface area contributed by atoms with Crippen molar-refractivity contribution in [1.82, 2.24) is 14.7 Å². The Morgan fingerprint density at radius 1 is 1.02 bits per heavy atom. The van der Waals surface area contributed by atoms with Crippen LogP contribution in [0.15, 0.2) is 72.8 Å². The van der Waals surface area contributed by atoms with Gasteiger partial charge in [0, 0.05) is 24.3 Å². The molecule has 40 heavy (non-hydrogen) atoms. The summed E-state index contributed by atoms with van der Waals surface area (Å²) < 4.78 is 20.4. The van der Waals surface area contributed by atoms with E-state index in [0.29, 0.717) is 54.0 Å². The number of fused-ring (bicyclic) bond motifs is 2. The predicted molar refractivity (Wildman–Crippen MR) is 154 cm³/mol. The second-order valence-electron chi connectivity index (χ2n) is 9.94. The van der Waals surface area contributed by atoms with E-state index < -0.39 is 0 Å². The second kappa shape index (κ2) is 10.5. The number of halogens is 1. The molecule has 2 heterocycles. The van der Waals surface area contributed by atoms with Gasteiger partial charge in [0.2, 0.25) is 0 Å². The van der Waals surface area contributed by atoms with Crippen LogP contribution in [-0.2, 0) is 4.74 Å². The average Bonchev–Trinajstić information content (AvgIpc) is 3.31. The lowest BCUT2D eigenvalue weighted by atomic mass is 9.96. The third-order valence-corrected chi connectivity index (χ3v) is 7.29. The number of nitrogen functional groups attached to an aromatic ring is 1. The Kier molecular flexibility index (Phi) is 6.75. The van der Waals surface area contributed by atoms with Gasteiger partial charge in [-0.05, 0) is 70.8 Å². The quantitative estimate of drug-likeness (QED) is 0.323. The monoisotopic (exact) mass is 537 g/mol. The topological polar surface area (TPSA) is 102 Å². The SMILES string of the molecule is Cc1cc(NC(=O)c2cccc3cc(-c4cccc5c4c(N)nn5C(=O)CN4CCOCC4)ccc23)ccc1F. The molecule has 9 heteroatoms. The highest BCUT2D eigenvalue weighted by Gasteiger charge is 2.21. The summed E-state index contributed by atoms with van der Waals surface area (Å²) in [6.07, 6.45) is 0. The molecule has 0 radical (unpaired) electrons. The highest BCUT2D eigenvalue weighted by Crippen LogP contribution is 2.35. The molecule has 0 atom stereocenters. The van der Waals surface area contributed by atoms with E-state index in [1.54, 1.807) is 25.1 Å². The average molecular weight is 538 g/mol. The van der Waals surface area contributed by atoms with Gasteiger partial charge in [-0.2, -0.15) is 4.68 Å². The lowest BCUT2D eigenvalue weighted by molar-refractivity contribution is 0.0346. The van der Waals surface area contributed by atoms with Crippen LogP contribution in [0.4, 0.5) is 15.9 Å². The molecule has 0 bridgehead atoms. The summed E-state index contributed by atoms with van der Waals surface area (Å²) in [4.78, 5) is 28.3. The molecule has 0 spiro atoms. The zero-order valence-corrected chi connectivity index (χ0v) is 22.0. The lowest BCUT2D eigenvalue weighted by Crippen LogP contribution is -2.41. The summed E-state index contributed by atoms with van der Waals surface area (Å²) in [6.45, 7) is 4.51. The predicted octanol–water partition coefficient (Wildman–Crippen LogP) is 5.11. The number of nitrogens with two attached hydrogens (primary N) is 1. The van der Waals surface area contributed by atoms with Crippen molar-refractivity contribution in [2.75, 3.05) is 43.9 Å². The van der Waals surface area contributed by atoms with Gasteiger partial charge in [-0.1, -0.05) is 36.4 Å². The van der Waals surface area contributed by atoms with Gasteiger partial charge in [-0.15, -0.1) is 5.10 Å². The number of hydrogen-bond acceptors (Lipinski definition) is 6. The number of ether oxygens (including phenoxy) is 1. The van der Waals surface area contributed by atoms with Crippen LogP contribution in [-0.4, -0.2) is 59.3 Å². The van der Waals surface area contributed by atoms with Gasteiger partial charge in [0.05, 0.1) is 30.7 Å². The number of carbonyl (C=O) groups is 2. The summed E-state index contributed by atoms with van der Waals surface area (Å²) in [5, 5.41) is 9.62. The number of benzene rings is 4. The van der Waals surface area contributed by atoms with Crippen LogP contribution >= 0.6 is 0 Å². The number of nitrogens with zero attached hydrogens (tertiary/aromatic N) is 3. The fourth-order valence-corrected chi connectivity index (χ4v) is 5.22. The molecule has 8 nitrogen and oxygen atoms in total. The minimum absolute atomic E-state index is 0.147. The maximum Gasteiger partial charge on any atom is 0.261 e. The first-order chi connectivity index (χ1) is 19.4. The van der Waals surface area contributed by atoms with Crippen molar-refractivity contribution < 1.29 is 18.7 Å². The molecular formula is C31H28FN5O3. The second-order valence-corrected chi connectivity index (χ2v) is 9.94.